The lowest BCUT2D eigenvalue weighted by molar-refractivity contribution is -0.185. The highest BCUT2D eigenvalue weighted by Gasteiger charge is 2.34. The van der Waals surface area contributed by atoms with Crippen molar-refractivity contribution in [1.82, 2.24) is 0 Å². The van der Waals surface area contributed by atoms with E-state index in [4.69, 9.17) is 20.9 Å². The molecule has 0 aliphatic rings. The van der Waals surface area contributed by atoms with E-state index in [-0.39, 0.29) is 23.8 Å². The second kappa shape index (κ2) is 12.2. The summed E-state index contributed by atoms with van der Waals surface area (Å²) < 4.78 is 51.5. The first-order valence-corrected chi connectivity index (χ1v) is 11.5. The van der Waals surface area contributed by atoms with Crippen molar-refractivity contribution >= 4 is 23.4 Å². The number of esters is 1. The van der Waals surface area contributed by atoms with Gasteiger partial charge < -0.3 is 20.9 Å². The minimum Gasteiger partial charge on any atom is -0.462 e. The van der Waals surface area contributed by atoms with Crippen molar-refractivity contribution in [2.24, 2.45) is 0 Å². The minimum absolute atomic E-state index is 0.0313. The zero-order chi connectivity index (χ0) is 26.1. The van der Waals surface area contributed by atoms with Crippen LogP contribution in [-0.4, -0.2) is 19.3 Å². The first kappa shape index (κ1) is 26.7. The van der Waals surface area contributed by atoms with Gasteiger partial charge in [-0.15, -0.1) is 0 Å². The lowest BCUT2D eigenvalue weighted by Crippen LogP contribution is -2.21. The predicted molar refractivity (Wildman–Crippen MR) is 135 cm³/mol. The Balaban J connectivity index is 1.52. The average Bonchev–Trinajstić information content (AvgIpc) is 2.85. The van der Waals surface area contributed by atoms with Gasteiger partial charge in [0, 0.05) is 23.4 Å². The molecule has 36 heavy (non-hydrogen) atoms. The lowest BCUT2D eigenvalue weighted by Gasteiger charge is -2.18. The summed E-state index contributed by atoms with van der Waals surface area (Å²) in [5.41, 5.74) is 14.7. The van der Waals surface area contributed by atoms with Gasteiger partial charge in [0.2, 0.25) is 0 Å². The van der Waals surface area contributed by atoms with Crippen LogP contribution in [0.3, 0.4) is 0 Å². The molecule has 0 saturated carbocycles. The van der Waals surface area contributed by atoms with Gasteiger partial charge in [0.25, 0.3) is 0 Å². The van der Waals surface area contributed by atoms with Crippen LogP contribution >= 0.6 is 0 Å². The van der Waals surface area contributed by atoms with Crippen LogP contribution in [-0.2, 0) is 22.1 Å². The van der Waals surface area contributed by atoms with Crippen LogP contribution in [0.5, 0.6) is 5.75 Å². The molecule has 5 nitrogen and oxygen atoms in total. The number of carbonyl (C=O) groups excluding carboxylic acids is 1. The van der Waals surface area contributed by atoms with Gasteiger partial charge in [-0.3, -0.25) is 4.39 Å². The first-order valence-electron chi connectivity index (χ1n) is 11.5. The van der Waals surface area contributed by atoms with Gasteiger partial charge in [0.15, 0.2) is 0 Å². The number of hydrogen-bond donors (Lipinski definition) is 2. The quantitative estimate of drug-likeness (QED) is 0.186. The normalized spacial score (nSPS) is 12.4. The topological polar surface area (TPSA) is 87.6 Å². The summed E-state index contributed by atoms with van der Waals surface area (Å²) in [6.45, 7) is 1.57. The minimum atomic E-state index is -3.54. The smallest absolute Gasteiger partial charge is 0.426 e. The zero-order valence-corrected chi connectivity index (χ0v) is 19.9. The maximum atomic E-state index is 14.5. The second-order valence-electron chi connectivity index (χ2n) is 8.43. The zero-order valence-electron chi connectivity index (χ0n) is 19.9. The van der Waals surface area contributed by atoms with Crippen LogP contribution in [0.15, 0.2) is 72.8 Å². The number of halogens is 3. The van der Waals surface area contributed by atoms with Crippen LogP contribution in [0.2, 0.25) is 0 Å². The Labute approximate surface area is 208 Å². The van der Waals surface area contributed by atoms with Crippen molar-refractivity contribution in [2.75, 3.05) is 24.7 Å². The maximum Gasteiger partial charge on any atom is 0.426 e. The fourth-order valence-corrected chi connectivity index (χ4v) is 3.54. The third kappa shape index (κ3) is 7.53. The molecule has 1 unspecified atom stereocenters. The van der Waals surface area contributed by atoms with Gasteiger partial charge in [0.1, 0.15) is 5.75 Å². The van der Waals surface area contributed by atoms with E-state index in [0.29, 0.717) is 29.8 Å². The van der Waals surface area contributed by atoms with Crippen molar-refractivity contribution in [3.05, 3.63) is 95.1 Å². The van der Waals surface area contributed by atoms with Gasteiger partial charge in [-0.1, -0.05) is 37.3 Å². The van der Waals surface area contributed by atoms with Crippen molar-refractivity contribution < 1.29 is 27.4 Å². The monoisotopic (exact) mass is 498 g/mol. The standard InChI is InChI=1S/C28H29F3N2O3/c1-19(25-14-11-23(32)17-26(25)33)18-35-27(34)15-8-21-6-12-24(13-7-21)36-28(30,31)22-9-4-20(5-10-22)3-2-16-29/h4-15,17,19H,2-3,16,18,32-33H2,1H3/b15-8+. The number of anilines is 2. The number of benzene rings is 3. The number of aryl methyl sites for hydroxylation is 1. The third-order valence-electron chi connectivity index (χ3n) is 5.54. The highest BCUT2D eigenvalue weighted by atomic mass is 19.3. The Hall–Kier alpha value is -3.94. The van der Waals surface area contributed by atoms with E-state index in [2.05, 4.69) is 0 Å². The summed E-state index contributed by atoms with van der Waals surface area (Å²) in [6, 6.07) is 16.7. The van der Waals surface area contributed by atoms with Crippen LogP contribution in [0.1, 0.15) is 41.5 Å². The molecule has 3 aromatic carbocycles. The molecule has 0 saturated heterocycles. The molecule has 0 radical (unpaired) electrons. The summed E-state index contributed by atoms with van der Waals surface area (Å²) in [4.78, 5) is 12.1. The number of carbonyl (C=O) groups is 1. The number of hydrogen-bond acceptors (Lipinski definition) is 5. The van der Waals surface area contributed by atoms with Gasteiger partial charge in [-0.2, -0.15) is 8.78 Å². The Morgan fingerprint density at radius 1 is 1.03 bits per heavy atom. The van der Waals surface area contributed by atoms with Gasteiger partial charge in [0.05, 0.1) is 18.8 Å². The van der Waals surface area contributed by atoms with E-state index < -0.39 is 18.8 Å². The number of alkyl halides is 3. The Bertz CT molecular complexity index is 1180. The molecular weight excluding hydrogens is 469 g/mol. The summed E-state index contributed by atoms with van der Waals surface area (Å²) >= 11 is 0. The molecule has 0 aromatic heterocycles. The molecule has 0 amide bonds. The fourth-order valence-electron chi connectivity index (χ4n) is 3.54. The van der Waals surface area contributed by atoms with Gasteiger partial charge >= 0.3 is 12.1 Å². The Morgan fingerprint density at radius 3 is 2.36 bits per heavy atom. The van der Waals surface area contributed by atoms with E-state index in [1.807, 2.05) is 6.92 Å². The van der Waals surface area contributed by atoms with E-state index >= 15 is 0 Å². The summed E-state index contributed by atoms with van der Waals surface area (Å²) in [6.07, 6.45) is 0.0750. The molecule has 3 rings (SSSR count). The molecule has 0 spiro atoms. The molecule has 190 valence electrons. The third-order valence-corrected chi connectivity index (χ3v) is 5.54. The highest BCUT2D eigenvalue weighted by Crippen LogP contribution is 2.32. The van der Waals surface area contributed by atoms with E-state index in [1.54, 1.807) is 42.5 Å². The molecule has 1 atom stereocenters. The molecule has 0 aliphatic heterocycles. The van der Waals surface area contributed by atoms with E-state index in [1.165, 1.54) is 36.4 Å². The molecule has 0 heterocycles. The molecule has 0 bridgehead atoms. The SMILES string of the molecule is CC(COC(=O)/C=C/c1ccc(OC(F)(F)c2ccc(CCCF)cc2)cc1)c1ccc(N)cc1N. The van der Waals surface area contributed by atoms with Gasteiger partial charge in [-0.25, -0.2) is 4.79 Å². The number of nitrogens with two attached hydrogens (primary N) is 2. The molecule has 0 fully saturated rings. The van der Waals surface area contributed by atoms with E-state index in [9.17, 15) is 18.0 Å². The lowest BCUT2D eigenvalue weighted by atomic mass is 10.00. The molecule has 8 heteroatoms. The van der Waals surface area contributed by atoms with Crippen LogP contribution in [0, 0.1) is 0 Å². The van der Waals surface area contributed by atoms with Crippen molar-refractivity contribution in [3.63, 3.8) is 0 Å². The van der Waals surface area contributed by atoms with Crippen molar-refractivity contribution in [2.45, 2.75) is 31.8 Å². The summed E-state index contributed by atoms with van der Waals surface area (Å²) in [7, 11) is 0. The van der Waals surface area contributed by atoms with Crippen molar-refractivity contribution in [3.8, 4) is 5.75 Å². The van der Waals surface area contributed by atoms with Crippen molar-refractivity contribution in [1.29, 1.82) is 0 Å². The second-order valence-corrected chi connectivity index (χ2v) is 8.43. The molecular formula is C28H29F3N2O3. The number of rotatable bonds is 11. The number of nitrogen functional groups attached to an aromatic ring is 2. The first-order chi connectivity index (χ1) is 17.2. The number of ether oxygens (including phenoxy) is 2. The fraction of sp³-hybridized carbons (Fsp3) is 0.250. The average molecular weight is 499 g/mol. The Kier molecular flexibility index (Phi) is 9.00. The summed E-state index contributed by atoms with van der Waals surface area (Å²) in [5.74, 6) is -0.693. The van der Waals surface area contributed by atoms with Crippen LogP contribution in [0.25, 0.3) is 6.08 Å². The molecule has 4 N–H and O–H groups in total. The Morgan fingerprint density at radius 2 is 1.72 bits per heavy atom. The maximum absolute atomic E-state index is 14.5. The molecule has 0 aliphatic carbocycles. The molecule has 3 aromatic rings. The predicted octanol–water partition coefficient (Wildman–Crippen LogP) is 6.24. The van der Waals surface area contributed by atoms with Crippen LogP contribution in [0.4, 0.5) is 24.5 Å². The van der Waals surface area contributed by atoms with Crippen LogP contribution < -0.4 is 16.2 Å². The summed E-state index contributed by atoms with van der Waals surface area (Å²) in [5, 5.41) is 0. The van der Waals surface area contributed by atoms with Gasteiger partial charge in [-0.05, 0) is 72.0 Å². The largest absolute Gasteiger partial charge is 0.462 e. The van der Waals surface area contributed by atoms with E-state index in [0.717, 1.165) is 11.1 Å². The highest BCUT2D eigenvalue weighted by molar-refractivity contribution is 5.87.